The largest absolute Gasteiger partial charge is 0.481 e. The highest BCUT2D eigenvalue weighted by Gasteiger charge is 2.06. The van der Waals surface area contributed by atoms with Crippen LogP contribution in [0.3, 0.4) is 0 Å². The smallest absolute Gasteiger partial charge is 0.303 e. The van der Waals surface area contributed by atoms with Crippen molar-refractivity contribution in [3.05, 3.63) is 47.2 Å². The van der Waals surface area contributed by atoms with E-state index >= 15 is 0 Å². The molecule has 0 aliphatic heterocycles. The van der Waals surface area contributed by atoms with Gasteiger partial charge in [-0.1, -0.05) is 23.7 Å². The summed E-state index contributed by atoms with van der Waals surface area (Å²) in [6, 6.07) is 9.17. The van der Waals surface area contributed by atoms with E-state index in [1.165, 1.54) is 0 Å². The number of carboxylic acids is 1. The molecule has 1 N–H and O–H groups in total. The molecule has 1 heterocycles. The van der Waals surface area contributed by atoms with Crippen molar-refractivity contribution in [2.24, 2.45) is 0 Å². The van der Waals surface area contributed by atoms with Crippen molar-refractivity contribution < 1.29 is 9.90 Å². The molecule has 2 aromatic rings. The van der Waals surface area contributed by atoms with Crippen LogP contribution in [0.1, 0.15) is 12.1 Å². The lowest BCUT2D eigenvalue weighted by molar-refractivity contribution is -0.136. The third-order valence-corrected chi connectivity index (χ3v) is 2.66. The van der Waals surface area contributed by atoms with E-state index in [-0.39, 0.29) is 6.42 Å². The average Bonchev–Trinajstić information content (AvgIpc) is 2.75. The molecule has 0 amide bonds. The molecule has 0 radical (unpaired) electrons. The molecule has 4 nitrogen and oxygen atoms in total. The Kier molecular flexibility index (Phi) is 3.44. The number of rotatable bonds is 4. The second kappa shape index (κ2) is 5.01. The Labute approximate surface area is 103 Å². The van der Waals surface area contributed by atoms with Crippen LogP contribution in [-0.4, -0.2) is 20.9 Å². The maximum absolute atomic E-state index is 10.4. The normalized spacial score (nSPS) is 10.4. The molecule has 0 unspecified atom stereocenters. The van der Waals surface area contributed by atoms with E-state index in [4.69, 9.17) is 16.7 Å². The van der Waals surface area contributed by atoms with Crippen molar-refractivity contribution in [3.8, 4) is 5.69 Å². The SMILES string of the molecule is O=C(O)CCc1ccn(-c2ccccc2Cl)n1. The van der Waals surface area contributed by atoms with Crippen molar-refractivity contribution in [1.82, 2.24) is 9.78 Å². The van der Waals surface area contributed by atoms with Gasteiger partial charge < -0.3 is 5.11 Å². The predicted octanol–water partition coefficient (Wildman–Crippen LogP) is 2.54. The van der Waals surface area contributed by atoms with Crippen LogP contribution < -0.4 is 0 Å². The molecule has 0 aliphatic carbocycles. The number of carboxylic acid groups (broad SMARTS) is 1. The number of para-hydroxylation sites is 1. The van der Waals surface area contributed by atoms with Crippen LogP contribution >= 0.6 is 11.6 Å². The molecule has 0 saturated carbocycles. The number of aromatic nitrogens is 2. The molecular formula is C12H11ClN2O2. The first-order chi connectivity index (χ1) is 8.16. The fraction of sp³-hybridized carbons (Fsp3) is 0.167. The van der Waals surface area contributed by atoms with Crippen LogP contribution in [0.15, 0.2) is 36.5 Å². The fourth-order valence-corrected chi connectivity index (χ4v) is 1.72. The summed E-state index contributed by atoms with van der Waals surface area (Å²) in [7, 11) is 0. The zero-order valence-electron chi connectivity index (χ0n) is 9.01. The minimum absolute atomic E-state index is 0.0829. The highest BCUT2D eigenvalue weighted by atomic mass is 35.5. The molecule has 1 aromatic carbocycles. The lowest BCUT2D eigenvalue weighted by Crippen LogP contribution is -2.00. The van der Waals surface area contributed by atoms with E-state index in [0.29, 0.717) is 11.4 Å². The summed E-state index contributed by atoms with van der Waals surface area (Å²) in [5.41, 5.74) is 1.53. The van der Waals surface area contributed by atoms with Gasteiger partial charge in [0.05, 0.1) is 22.8 Å². The van der Waals surface area contributed by atoms with Crippen LogP contribution in [-0.2, 0) is 11.2 Å². The maximum atomic E-state index is 10.4. The van der Waals surface area contributed by atoms with E-state index < -0.39 is 5.97 Å². The van der Waals surface area contributed by atoms with Crippen molar-refractivity contribution in [2.45, 2.75) is 12.8 Å². The summed E-state index contributed by atoms with van der Waals surface area (Å²) in [5, 5.41) is 13.5. The predicted molar refractivity (Wildman–Crippen MR) is 64.5 cm³/mol. The molecule has 5 heteroatoms. The lowest BCUT2D eigenvalue weighted by atomic mass is 10.2. The molecular weight excluding hydrogens is 240 g/mol. The lowest BCUT2D eigenvalue weighted by Gasteiger charge is -2.02. The summed E-state index contributed by atoms with van der Waals surface area (Å²) >= 11 is 6.04. The summed E-state index contributed by atoms with van der Waals surface area (Å²) in [6.07, 6.45) is 2.28. The minimum Gasteiger partial charge on any atom is -0.481 e. The summed E-state index contributed by atoms with van der Waals surface area (Å²) in [5.74, 6) is -0.822. The number of benzene rings is 1. The molecule has 0 bridgehead atoms. The van der Waals surface area contributed by atoms with Gasteiger partial charge in [0.25, 0.3) is 0 Å². The number of aryl methyl sites for hydroxylation is 1. The Balaban J connectivity index is 2.18. The molecule has 1 aromatic heterocycles. The third-order valence-electron chi connectivity index (χ3n) is 2.34. The van der Waals surface area contributed by atoms with Crippen molar-refractivity contribution in [3.63, 3.8) is 0 Å². The van der Waals surface area contributed by atoms with Crippen LogP contribution in [0.5, 0.6) is 0 Å². The highest BCUT2D eigenvalue weighted by molar-refractivity contribution is 6.32. The van der Waals surface area contributed by atoms with Crippen LogP contribution in [0.4, 0.5) is 0 Å². The zero-order valence-corrected chi connectivity index (χ0v) is 9.76. The van der Waals surface area contributed by atoms with Gasteiger partial charge in [0.2, 0.25) is 0 Å². The van der Waals surface area contributed by atoms with E-state index in [9.17, 15) is 4.79 Å². The molecule has 88 valence electrons. The van der Waals surface area contributed by atoms with E-state index in [1.54, 1.807) is 23.0 Å². The molecule has 0 saturated heterocycles. The summed E-state index contributed by atoms with van der Waals surface area (Å²) in [4.78, 5) is 10.4. The Hall–Kier alpha value is -1.81. The number of halogens is 1. The van der Waals surface area contributed by atoms with Crippen molar-refractivity contribution in [1.29, 1.82) is 0 Å². The Morgan fingerprint density at radius 1 is 1.35 bits per heavy atom. The number of nitrogens with zero attached hydrogens (tertiary/aromatic N) is 2. The van der Waals surface area contributed by atoms with Gasteiger partial charge in [0.1, 0.15) is 0 Å². The van der Waals surface area contributed by atoms with Gasteiger partial charge in [-0.2, -0.15) is 5.10 Å². The number of hydrogen-bond acceptors (Lipinski definition) is 2. The number of carbonyl (C=O) groups is 1. The topological polar surface area (TPSA) is 55.1 Å². The third kappa shape index (κ3) is 2.85. The average molecular weight is 251 g/mol. The first-order valence-corrected chi connectivity index (χ1v) is 5.56. The Morgan fingerprint density at radius 2 is 2.12 bits per heavy atom. The molecule has 17 heavy (non-hydrogen) atoms. The minimum atomic E-state index is -0.822. The molecule has 0 spiro atoms. The monoisotopic (exact) mass is 250 g/mol. The van der Waals surface area contributed by atoms with E-state index in [2.05, 4.69) is 5.10 Å². The molecule has 0 aliphatic rings. The Morgan fingerprint density at radius 3 is 2.82 bits per heavy atom. The van der Waals surface area contributed by atoms with Gasteiger partial charge in [-0.15, -0.1) is 0 Å². The van der Waals surface area contributed by atoms with Crippen LogP contribution in [0.2, 0.25) is 5.02 Å². The van der Waals surface area contributed by atoms with Gasteiger partial charge in [-0.25, -0.2) is 4.68 Å². The second-order valence-electron chi connectivity index (χ2n) is 3.60. The van der Waals surface area contributed by atoms with Crippen LogP contribution in [0.25, 0.3) is 5.69 Å². The van der Waals surface area contributed by atoms with Gasteiger partial charge in [0.15, 0.2) is 0 Å². The molecule has 0 atom stereocenters. The number of aliphatic carboxylic acids is 1. The first-order valence-electron chi connectivity index (χ1n) is 5.18. The Bertz CT molecular complexity index is 537. The molecule has 2 rings (SSSR count). The van der Waals surface area contributed by atoms with Gasteiger partial charge in [-0.05, 0) is 18.2 Å². The van der Waals surface area contributed by atoms with E-state index in [0.717, 1.165) is 11.4 Å². The van der Waals surface area contributed by atoms with Gasteiger partial charge in [-0.3, -0.25) is 4.79 Å². The van der Waals surface area contributed by atoms with Gasteiger partial charge >= 0.3 is 5.97 Å². The quantitative estimate of drug-likeness (QED) is 0.907. The van der Waals surface area contributed by atoms with Gasteiger partial charge in [0, 0.05) is 12.6 Å². The summed E-state index contributed by atoms with van der Waals surface area (Å²) < 4.78 is 1.65. The van der Waals surface area contributed by atoms with Crippen molar-refractivity contribution >= 4 is 17.6 Å². The maximum Gasteiger partial charge on any atom is 0.303 e. The fourth-order valence-electron chi connectivity index (χ4n) is 1.50. The molecule has 0 fully saturated rings. The summed E-state index contributed by atoms with van der Waals surface area (Å²) in [6.45, 7) is 0. The second-order valence-corrected chi connectivity index (χ2v) is 4.00. The zero-order chi connectivity index (χ0) is 12.3. The van der Waals surface area contributed by atoms with Crippen LogP contribution in [0, 0.1) is 0 Å². The highest BCUT2D eigenvalue weighted by Crippen LogP contribution is 2.19. The van der Waals surface area contributed by atoms with Crippen molar-refractivity contribution in [2.75, 3.05) is 0 Å². The van der Waals surface area contributed by atoms with E-state index in [1.807, 2.05) is 18.2 Å². The number of hydrogen-bond donors (Lipinski definition) is 1. The standard InChI is InChI=1S/C12H11ClN2O2/c13-10-3-1-2-4-11(10)15-8-7-9(14-15)5-6-12(16)17/h1-4,7-8H,5-6H2,(H,16,17). The first kappa shape index (κ1) is 11.7.